The van der Waals surface area contributed by atoms with Crippen LogP contribution in [0.3, 0.4) is 0 Å². The van der Waals surface area contributed by atoms with E-state index in [0.717, 1.165) is 56.6 Å². The first-order valence-corrected chi connectivity index (χ1v) is 17.4. The first-order chi connectivity index (χ1) is 20.0. The smallest absolute Gasteiger partial charge is 0.0506 e. The van der Waals surface area contributed by atoms with Gasteiger partial charge in [-0.25, -0.2) is 0 Å². The van der Waals surface area contributed by atoms with E-state index in [1.165, 1.54) is 70.6 Å². The third-order valence-electron chi connectivity index (χ3n) is 7.62. The van der Waals surface area contributed by atoms with Crippen molar-refractivity contribution in [1.82, 2.24) is 9.80 Å². The molecule has 0 bridgehead atoms. The monoisotopic (exact) mass is 614 g/mol. The minimum Gasteiger partial charge on any atom is -0.396 e. The predicted octanol–water partition coefficient (Wildman–Crippen LogP) is 7.81. The summed E-state index contributed by atoms with van der Waals surface area (Å²) < 4.78 is 8.44. The molecule has 1 N–H and O–H groups in total. The zero-order valence-corrected chi connectivity index (χ0v) is 27.2. The Bertz CT molecular complexity index is 1280. The Labute approximate surface area is 259 Å². The van der Waals surface area contributed by atoms with Crippen molar-refractivity contribution in [2.45, 2.75) is 39.5 Å². The average molecular weight is 615 g/mol. The Morgan fingerprint density at radius 1 is 0.756 bits per heavy atom. The van der Waals surface area contributed by atoms with Gasteiger partial charge in [0.1, 0.15) is 0 Å². The van der Waals surface area contributed by atoms with E-state index in [2.05, 4.69) is 82.9 Å². The number of aliphatic hydroxyl groups excluding tert-OH is 1. The Hall–Kier alpha value is -1.51. The summed E-state index contributed by atoms with van der Waals surface area (Å²) in [5.41, 5.74) is 2.59. The zero-order chi connectivity index (χ0) is 28.9. The van der Waals surface area contributed by atoms with Crippen LogP contribution in [0.1, 0.15) is 37.8 Å². The number of hydrogen-bond donors (Lipinski definition) is 1. The van der Waals surface area contributed by atoms with Gasteiger partial charge in [0.05, 0.1) is 6.61 Å². The summed E-state index contributed by atoms with van der Waals surface area (Å²) in [4.78, 5) is 4.96. The molecule has 2 aliphatic heterocycles. The summed E-state index contributed by atoms with van der Waals surface area (Å²) >= 11 is 9.09. The fourth-order valence-electron chi connectivity index (χ4n) is 5.46. The average Bonchev–Trinajstić information content (AvgIpc) is 3.61. The molecule has 0 unspecified atom stereocenters. The number of likely N-dealkylation sites (tertiary alicyclic amines) is 2. The predicted molar refractivity (Wildman–Crippen MR) is 180 cm³/mol. The molecule has 2 aliphatic rings. The fourth-order valence-corrected chi connectivity index (χ4v) is 7.12. The van der Waals surface area contributed by atoms with Crippen molar-refractivity contribution in [2.75, 3.05) is 65.0 Å². The molecule has 4 nitrogen and oxygen atoms in total. The molecule has 0 amide bonds. The number of thiophene rings is 2. The molecule has 2 saturated heterocycles. The topological polar surface area (TPSA) is 35.9 Å². The van der Waals surface area contributed by atoms with Crippen LogP contribution < -0.4 is 0 Å². The van der Waals surface area contributed by atoms with Gasteiger partial charge in [0, 0.05) is 61.2 Å². The van der Waals surface area contributed by atoms with Crippen molar-refractivity contribution in [3.8, 4) is 0 Å². The van der Waals surface area contributed by atoms with Crippen molar-refractivity contribution in [3.05, 3.63) is 70.4 Å². The highest BCUT2D eigenvalue weighted by Crippen LogP contribution is 2.23. The van der Waals surface area contributed by atoms with Crippen molar-refractivity contribution >= 4 is 54.4 Å². The lowest BCUT2D eigenvalue weighted by atomic mass is 10.0. The maximum atomic E-state index is 8.74. The van der Waals surface area contributed by atoms with E-state index in [9.17, 15) is 0 Å². The van der Waals surface area contributed by atoms with Crippen LogP contribution >= 0.6 is 34.3 Å². The van der Waals surface area contributed by atoms with Crippen LogP contribution in [0.4, 0.5) is 0 Å². The number of benzene rings is 2. The van der Waals surface area contributed by atoms with Gasteiger partial charge in [0.15, 0.2) is 0 Å². The van der Waals surface area contributed by atoms with Crippen molar-refractivity contribution < 1.29 is 9.84 Å². The van der Waals surface area contributed by atoms with Gasteiger partial charge in [-0.05, 0) is 101 Å². The number of aliphatic hydroxyl groups is 1. The standard InChI is InChI=1S/C17H23NOS.C10H10OS.C7H14ClN/c1-14-12-18(13-14)7-2-8-19-9-5-15-3-4-17-16(11-15)6-10-20-17;11-5-3-8-1-2-10-9(7-8)4-6-12-10;1-7-5-9(6-7)4-2-3-8/h3-4,6,10-11,14H,2,5,7-9,12-13H2,1H3;1-2,4,6-7,11H,3,5H2;7H,2-6H2,1H3. The number of nitrogens with zero attached hydrogens (tertiary/aromatic N) is 2. The second-order valence-electron chi connectivity index (χ2n) is 11.5. The Balaban J connectivity index is 0.000000156. The molecule has 224 valence electrons. The van der Waals surface area contributed by atoms with E-state index < -0.39 is 0 Å². The highest BCUT2D eigenvalue weighted by atomic mass is 35.5. The Kier molecular flexibility index (Phi) is 13.9. The van der Waals surface area contributed by atoms with Crippen molar-refractivity contribution in [2.24, 2.45) is 11.8 Å². The van der Waals surface area contributed by atoms with E-state index in [4.69, 9.17) is 21.4 Å². The van der Waals surface area contributed by atoms with Gasteiger partial charge < -0.3 is 19.6 Å². The Morgan fingerprint density at radius 2 is 1.29 bits per heavy atom. The van der Waals surface area contributed by atoms with Crippen LogP contribution in [-0.4, -0.2) is 79.9 Å². The third kappa shape index (κ3) is 10.9. The largest absolute Gasteiger partial charge is 0.396 e. The van der Waals surface area contributed by atoms with Crippen LogP contribution in [-0.2, 0) is 17.6 Å². The molecule has 0 spiro atoms. The van der Waals surface area contributed by atoms with Crippen LogP contribution in [0.2, 0.25) is 0 Å². The number of halogens is 1. The van der Waals surface area contributed by atoms with Crippen LogP contribution in [0, 0.1) is 11.8 Å². The first kappa shape index (κ1) is 32.4. The normalized spacial score (nSPS) is 16.1. The summed E-state index contributed by atoms with van der Waals surface area (Å²) in [6, 6.07) is 17.4. The van der Waals surface area contributed by atoms with E-state index >= 15 is 0 Å². The number of alkyl halides is 1. The van der Waals surface area contributed by atoms with Gasteiger partial charge in [0.25, 0.3) is 0 Å². The highest BCUT2D eigenvalue weighted by Gasteiger charge is 2.21. The molecule has 41 heavy (non-hydrogen) atoms. The van der Waals surface area contributed by atoms with Gasteiger partial charge in [-0.15, -0.1) is 34.3 Å². The lowest BCUT2D eigenvalue weighted by Gasteiger charge is -2.37. The molecule has 2 aromatic carbocycles. The molecule has 0 aliphatic carbocycles. The van der Waals surface area contributed by atoms with E-state index in [1.807, 2.05) is 0 Å². The van der Waals surface area contributed by atoms with E-state index in [-0.39, 0.29) is 6.61 Å². The third-order valence-corrected chi connectivity index (χ3v) is 9.68. The van der Waals surface area contributed by atoms with Gasteiger partial charge in [0.2, 0.25) is 0 Å². The maximum absolute atomic E-state index is 8.74. The van der Waals surface area contributed by atoms with Gasteiger partial charge in [-0.2, -0.15) is 0 Å². The summed E-state index contributed by atoms with van der Waals surface area (Å²) in [6.45, 7) is 14.1. The Morgan fingerprint density at radius 3 is 1.80 bits per heavy atom. The number of ether oxygens (including phenoxy) is 1. The molecule has 2 fully saturated rings. The lowest BCUT2D eigenvalue weighted by molar-refractivity contribution is 0.0827. The molecule has 6 rings (SSSR count). The first-order valence-electron chi connectivity index (χ1n) is 15.2. The summed E-state index contributed by atoms with van der Waals surface area (Å²) in [5, 5.41) is 15.6. The van der Waals surface area contributed by atoms with Gasteiger partial charge in [-0.1, -0.05) is 38.1 Å². The SMILES string of the molecule is CC1CN(CCCCl)C1.CC1CN(CCCOCCc2ccc3sccc3c2)C1.OCCc1ccc2sccc2c1. The molecule has 4 aromatic rings. The molecule has 7 heteroatoms. The van der Waals surface area contributed by atoms with Crippen LogP contribution in [0.5, 0.6) is 0 Å². The molecule has 0 radical (unpaired) electrons. The minimum absolute atomic E-state index is 0.232. The summed E-state index contributed by atoms with van der Waals surface area (Å²) in [6.07, 6.45) is 4.09. The second kappa shape index (κ2) is 17.6. The molecule has 0 saturated carbocycles. The maximum Gasteiger partial charge on any atom is 0.0506 e. The van der Waals surface area contributed by atoms with Gasteiger partial charge >= 0.3 is 0 Å². The number of rotatable bonds is 12. The highest BCUT2D eigenvalue weighted by molar-refractivity contribution is 7.17. The van der Waals surface area contributed by atoms with Gasteiger partial charge in [-0.3, -0.25) is 0 Å². The van der Waals surface area contributed by atoms with Crippen molar-refractivity contribution in [1.29, 1.82) is 0 Å². The number of hydrogen-bond acceptors (Lipinski definition) is 6. The van der Waals surface area contributed by atoms with Crippen molar-refractivity contribution in [3.63, 3.8) is 0 Å². The summed E-state index contributed by atoms with van der Waals surface area (Å²) in [5.74, 6) is 2.65. The number of fused-ring (bicyclic) bond motifs is 2. The quantitative estimate of drug-likeness (QED) is 0.130. The molecule has 2 aromatic heterocycles. The minimum atomic E-state index is 0.232. The molecular formula is C34H47ClN2O2S2. The van der Waals surface area contributed by atoms with E-state index in [1.54, 1.807) is 22.7 Å². The van der Waals surface area contributed by atoms with Crippen LogP contribution in [0.25, 0.3) is 20.2 Å². The molecule has 4 heterocycles. The fraction of sp³-hybridized carbons (Fsp3) is 0.529. The summed E-state index contributed by atoms with van der Waals surface area (Å²) in [7, 11) is 0. The second-order valence-corrected chi connectivity index (χ2v) is 13.8. The van der Waals surface area contributed by atoms with E-state index in [0.29, 0.717) is 0 Å². The molecular weight excluding hydrogens is 568 g/mol. The lowest BCUT2D eigenvalue weighted by Crippen LogP contribution is -2.45. The van der Waals surface area contributed by atoms with Crippen LogP contribution in [0.15, 0.2) is 59.3 Å². The zero-order valence-electron chi connectivity index (χ0n) is 24.8. The molecule has 0 atom stereocenters.